The van der Waals surface area contributed by atoms with Crippen LogP contribution in [-0.2, 0) is 0 Å². The first kappa shape index (κ1) is 23.3. The van der Waals surface area contributed by atoms with Crippen molar-refractivity contribution in [3.05, 3.63) is 77.0 Å². The van der Waals surface area contributed by atoms with Crippen molar-refractivity contribution in [2.75, 3.05) is 13.7 Å². The summed E-state index contributed by atoms with van der Waals surface area (Å²) >= 11 is 6.57. The third kappa shape index (κ3) is 4.01. The molecule has 0 radical (unpaired) electrons. The average molecular weight is 505 g/mol. The maximum absolute atomic E-state index is 13.1. The molecule has 0 bridgehead atoms. The number of aromatic amines is 1. The van der Waals surface area contributed by atoms with Crippen LogP contribution in [0.4, 0.5) is 0 Å². The molecule has 2 aromatic heterocycles. The zero-order valence-corrected chi connectivity index (χ0v) is 20.1. The molecule has 0 aliphatic carbocycles. The number of methoxy groups -OCH3 is 1. The Bertz CT molecular complexity index is 1590. The first-order valence-electron chi connectivity index (χ1n) is 11.1. The molecule has 3 aromatic carbocycles. The maximum Gasteiger partial charge on any atom is 0.254 e. The van der Waals surface area contributed by atoms with Crippen molar-refractivity contribution in [2.24, 2.45) is 0 Å². The van der Waals surface area contributed by atoms with Gasteiger partial charge < -0.3 is 29.2 Å². The SMILES string of the molecule is CCOc1cc(C(=O)c2c(O)[nH]c3cc(Cl)c(-c4ccc(-c5cccc(OC)c5O)cc4)cc23)on1. The Morgan fingerprint density at radius 2 is 1.78 bits per heavy atom. The quantitative estimate of drug-likeness (QED) is 0.226. The number of phenolic OH excluding ortho intramolecular Hbond substituents is 1. The van der Waals surface area contributed by atoms with E-state index >= 15 is 0 Å². The van der Waals surface area contributed by atoms with Gasteiger partial charge in [0.25, 0.3) is 5.88 Å². The molecule has 36 heavy (non-hydrogen) atoms. The van der Waals surface area contributed by atoms with Gasteiger partial charge in [-0.05, 0) is 41.4 Å². The van der Waals surface area contributed by atoms with Crippen molar-refractivity contribution in [1.82, 2.24) is 10.1 Å². The number of ether oxygens (including phenoxy) is 2. The van der Waals surface area contributed by atoms with Crippen LogP contribution in [0.5, 0.6) is 23.3 Å². The molecule has 5 rings (SSSR count). The molecule has 3 N–H and O–H groups in total. The number of nitrogens with one attached hydrogen (secondary N) is 1. The number of halogens is 1. The van der Waals surface area contributed by atoms with Crippen LogP contribution in [0.15, 0.2) is 65.2 Å². The van der Waals surface area contributed by atoms with Gasteiger partial charge in [-0.3, -0.25) is 4.79 Å². The minimum atomic E-state index is -0.547. The lowest BCUT2D eigenvalue weighted by molar-refractivity contribution is 0.0999. The largest absolute Gasteiger partial charge is 0.504 e. The Morgan fingerprint density at radius 3 is 2.47 bits per heavy atom. The monoisotopic (exact) mass is 504 g/mol. The molecule has 0 atom stereocenters. The van der Waals surface area contributed by atoms with Gasteiger partial charge in [0.15, 0.2) is 11.5 Å². The molecule has 5 aromatic rings. The number of carbonyl (C=O) groups excluding carboxylic acids is 1. The summed E-state index contributed by atoms with van der Waals surface area (Å²) in [4.78, 5) is 15.9. The molecule has 0 fully saturated rings. The Kier molecular flexibility index (Phi) is 6.03. The predicted octanol–water partition coefficient (Wildman–Crippen LogP) is 6.19. The van der Waals surface area contributed by atoms with E-state index in [1.807, 2.05) is 24.3 Å². The molecule has 0 aliphatic heterocycles. The van der Waals surface area contributed by atoms with E-state index in [-0.39, 0.29) is 28.8 Å². The summed E-state index contributed by atoms with van der Waals surface area (Å²) in [5.74, 6) is -0.289. The third-order valence-corrected chi connectivity index (χ3v) is 6.14. The van der Waals surface area contributed by atoms with Crippen molar-refractivity contribution in [3.63, 3.8) is 0 Å². The molecule has 182 valence electrons. The van der Waals surface area contributed by atoms with E-state index in [2.05, 4.69) is 10.1 Å². The van der Waals surface area contributed by atoms with Crippen LogP contribution in [0, 0.1) is 0 Å². The van der Waals surface area contributed by atoms with Crippen molar-refractivity contribution >= 4 is 28.3 Å². The number of hydrogen-bond donors (Lipinski definition) is 3. The van der Waals surface area contributed by atoms with Crippen LogP contribution < -0.4 is 9.47 Å². The summed E-state index contributed by atoms with van der Waals surface area (Å²) in [7, 11) is 1.50. The Balaban J connectivity index is 1.55. The highest BCUT2D eigenvalue weighted by molar-refractivity contribution is 6.34. The number of hydrogen-bond acceptors (Lipinski definition) is 7. The van der Waals surface area contributed by atoms with E-state index in [4.69, 9.17) is 25.6 Å². The number of fused-ring (bicyclic) bond motifs is 1. The Hall–Kier alpha value is -4.43. The molecule has 0 aliphatic rings. The van der Waals surface area contributed by atoms with E-state index in [9.17, 15) is 15.0 Å². The van der Waals surface area contributed by atoms with Gasteiger partial charge in [-0.15, -0.1) is 0 Å². The number of carbonyl (C=O) groups is 1. The van der Waals surface area contributed by atoms with Gasteiger partial charge in [0.2, 0.25) is 17.4 Å². The zero-order valence-electron chi connectivity index (χ0n) is 19.3. The van der Waals surface area contributed by atoms with Gasteiger partial charge in [0.05, 0.1) is 35.9 Å². The van der Waals surface area contributed by atoms with E-state index in [0.717, 1.165) is 11.1 Å². The summed E-state index contributed by atoms with van der Waals surface area (Å²) in [5.41, 5.74) is 3.39. The predicted molar refractivity (Wildman–Crippen MR) is 135 cm³/mol. The second-order valence-electron chi connectivity index (χ2n) is 7.95. The van der Waals surface area contributed by atoms with Gasteiger partial charge in [0.1, 0.15) is 0 Å². The van der Waals surface area contributed by atoms with Crippen molar-refractivity contribution in [2.45, 2.75) is 6.92 Å². The summed E-state index contributed by atoms with van der Waals surface area (Å²) in [6.45, 7) is 2.16. The minimum Gasteiger partial charge on any atom is -0.504 e. The van der Waals surface area contributed by atoms with Gasteiger partial charge >= 0.3 is 0 Å². The van der Waals surface area contributed by atoms with E-state index in [1.54, 1.807) is 37.3 Å². The lowest BCUT2D eigenvalue weighted by atomic mass is 9.97. The number of phenols is 1. The highest BCUT2D eigenvalue weighted by Crippen LogP contribution is 2.40. The molecule has 8 nitrogen and oxygen atoms in total. The molecule has 0 saturated heterocycles. The standard InChI is InChI=1S/C27H21ClN2O6/c1-3-35-23-13-22(36-30-23)26(32)24-18-11-17(19(28)12-20(18)29-27(24)33)15-9-7-14(8-10-15)16-5-4-6-21(34-2)25(16)31/h4-13,29,31,33H,3H2,1-2H3. The van der Waals surface area contributed by atoms with Crippen LogP contribution in [0.25, 0.3) is 33.2 Å². The normalized spacial score (nSPS) is 11.1. The first-order chi connectivity index (χ1) is 17.4. The highest BCUT2D eigenvalue weighted by Gasteiger charge is 2.25. The van der Waals surface area contributed by atoms with Crippen LogP contribution in [0.3, 0.4) is 0 Å². The number of ketones is 1. The average Bonchev–Trinajstić information content (AvgIpc) is 3.47. The lowest BCUT2D eigenvalue weighted by Gasteiger charge is -2.10. The third-order valence-electron chi connectivity index (χ3n) is 5.82. The number of para-hydroxylation sites is 1. The van der Waals surface area contributed by atoms with E-state index < -0.39 is 5.78 Å². The highest BCUT2D eigenvalue weighted by atomic mass is 35.5. The molecule has 0 amide bonds. The summed E-state index contributed by atoms with van der Waals surface area (Å²) < 4.78 is 15.6. The molecular weight excluding hydrogens is 484 g/mol. The maximum atomic E-state index is 13.1. The molecule has 0 spiro atoms. The van der Waals surface area contributed by atoms with Gasteiger partial charge in [-0.25, -0.2) is 0 Å². The van der Waals surface area contributed by atoms with Crippen LogP contribution in [-0.4, -0.2) is 39.9 Å². The van der Waals surface area contributed by atoms with Crippen molar-refractivity contribution < 1.29 is 29.0 Å². The molecule has 2 heterocycles. The summed E-state index contributed by atoms with van der Waals surface area (Å²) in [6, 6.07) is 17.5. The fraction of sp³-hybridized carbons (Fsp3) is 0.111. The smallest absolute Gasteiger partial charge is 0.254 e. The second-order valence-corrected chi connectivity index (χ2v) is 8.36. The molecule has 9 heteroatoms. The minimum absolute atomic E-state index is 0.0417. The number of benzene rings is 3. The Morgan fingerprint density at radius 1 is 1.06 bits per heavy atom. The van der Waals surface area contributed by atoms with E-state index in [1.165, 1.54) is 13.2 Å². The van der Waals surface area contributed by atoms with Gasteiger partial charge in [-0.1, -0.05) is 48.0 Å². The second kappa shape index (κ2) is 9.31. The van der Waals surface area contributed by atoms with Crippen molar-refractivity contribution in [1.29, 1.82) is 0 Å². The first-order valence-corrected chi connectivity index (χ1v) is 11.4. The number of nitrogens with zero attached hydrogens (tertiary/aromatic N) is 1. The number of rotatable bonds is 7. The summed E-state index contributed by atoms with van der Waals surface area (Å²) in [6.07, 6.45) is 0. The van der Waals surface area contributed by atoms with Crippen LogP contribution in [0.2, 0.25) is 5.02 Å². The topological polar surface area (TPSA) is 118 Å². The molecule has 0 unspecified atom stereocenters. The fourth-order valence-corrected chi connectivity index (χ4v) is 4.38. The number of aromatic nitrogens is 2. The lowest BCUT2D eigenvalue weighted by Crippen LogP contribution is -1.99. The Labute approximate surface area is 210 Å². The zero-order chi connectivity index (χ0) is 25.4. The number of aromatic hydroxyl groups is 2. The van der Waals surface area contributed by atoms with E-state index in [0.29, 0.717) is 39.4 Å². The summed E-state index contributed by atoms with van der Waals surface area (Å²) in [5, 5.41) is 25.6. The van der Waals surface area contributed by atoms with Gasteiger partial charge in [0, 0.05) is 16.5 Å². The molecular formula is C27H21ClN2O6. The fourth-order valence-electron chi connectivity index (χ4n) is 4.11. The molecule has 0 saturated carbocycles. The van der Waals surface area contributed by atoms with Crippen molar-refractivity contribution in [3.8, 4) is 45.5 Å². The van der Waals surface area contributed by atoms with Crippen LogP contribution >= 0.6 is 11.6 Å². The van der Waals surface area contributed by atoms with Crippen LogP contribution in [0.1, 0.15) is 23.0 Å². The van der Waals surface area contributed by atoms with Gasteiger partial charge in [-0.2, -0.15) is 0 Å². The number of H-pyrrole nitrogens is 1.